The molecule has 0 saturated carbocycles. The predicted molar refractivity (Wildman–Crippen MR) is 109 cm³/mol. The third kappa shape index (κ3) is 3.65. The Morgan fingerprint density at radius 2 is 1.90 bits per heavy atom. The van der Waals surface area contributed by atoms with Crippen molar-refractivity contribution in [3.8, 4) is 11.4 Å². The van der Waals surface area contributed by atoms with E-state index in [1.807, 2.05) is 13.0 Å². The van der Waals surface area contributed by atoms with Gasteiger partial charge in [-0.25, -0.2) is 14.3 Å². The normalized spacial score (nSPS) is 10.9. The second-order valence-corrected chi connectivity index (χ2v) is 6.90. The number of nitrogens with two attached hydrogens (primary N) is 1. The molecule has 3 heterocycles. The Balaban J connectivity index is 1.67. The van der Waals surface area contributed by atoms with Crippen LogP contribution in [0.3, 0.4) is 0 Å². The van der Waals surface area contributed by atoms with E-state index in [1.165, 1.54) is 4.68 Å². The SMILES string of the molecule is Cc1cnnn1-c1ccc(Nc2cn(-c3c(Cl)cccc3Cl)nc2C(N)=O)nc1. The maximum Gasteiger partial charge on any atom is 0.271 e. The summed E-state index contributed by atoms with van der Waals surface area (Å²) in [5.41, 5.74) is 7.94. The molecule has 146 valence electrons. The first-order valence-corrected chi connectivity index (χ1v) is 9.14. The molecule has 3 N–H and O–H groups in total. The number of nitrogens with zero attached hydrogens (tertiary/aromatic N) is 6. The zero-order chi connectivity index (χ0) is 20.5. The van der Waals surface area contributed by atoms with Crippen LogP contribution in [0.5, 0.6) is 0 Å². The van der Waals surface area contributed by atoms with Crippen LogP contribution in [0.15, 0.2) is 48.9 Å². The van der Waals surface area contributed by atoms with Gasteiger partial charge in [-0.3, -0.25) is 4.79 Å². The topological polar surface area (TPSA) is 117 Å². The molecule has 0 unspecified atom stereocenters. The van der Waals surface area contributed by atoms with Crippen LogP contribution in [0, 0.1) is 6.92 Å². The second-order valence-electron chi connectivity index (χ2n) is 6.08. The smallest absolute Gasteiger partial charge is 0.271 e. The molecule has 0 aliphatic carbocycles. The summed E-state index contributed by atoms with van der Waals surface area (Å²) in [6.45, 7) is 1.89. The van der Waals surface area contributed by atoms with E-state index in [1.54, 1.807) is 47.5 Å². The first kappa shape index (κ1) is 18.9. The summed E-state index contributed by atoms with van der Waals surface area (Å²) in [6, 6.07) is 8.62. The molecule has 29 heavy (non-hydrogen) atoms. The largest absolute Gasteiger partial charge is 0.364 e. The molecule has 11 heteroatoms. The molecule has 4 aromatic rings. The highest BCUT2D eigenvalue weighted by atomic mass is 35.5. The molecule has 9 nitrogen and oxygen atoms in total. The van der Waals surface area contributed by atoms with Gasteiger partial charge in [0, 0.05) is 0 Å². The molecule has 0 saturated heterocycles. The number of amides is 1. The summed E-state index contributed by atoms with van der Waals surface area (Å²) in [6.07, 6.45) is 4.85. The lowest BCUT2D eigenvalue weighted by atomic mass is 10.3. The maximum atomic E-state index is 11.9. The molecule has 1 amide bonds. The minimum absolute atomic E-state index is 0.0268. The summed E-state index contributed by atoms with van der Waals surface area (Å²) in [5.74, 6) is -0.219. The predicted octanol–water partition coefficient (Wildman–Crippen LogP) is 3.31. The first-order chi connectivity index (χ1) is 13.9. The van der Waals surface area contributed by atoms with Crippen LogP contribution in [0.25, 0.3) is 11.4 Å². The number of aryl methyl sites for hydroxylation is 1. The van der Waals surface area contributed by atoms with Crippen molar-refractivity contribution < 1.29 is 4.79 Å². The quantitative estimate of drug-likeness (QED) is 0.503. The maximum absolute atomic E-state index is 11.9. The lowest BCUT2D eigenvalue weighted by Crippen LogP contribution is -2.14. The summed E-state index contributed by atoms with van der Waals surface area (Å²) in [5, 5.41) is 15.9. The van der Waals surface area contributed by atoms with Crippen molar-refractivity contribution in [3.63, 3.8) is 0 Å². The summed E-state index contributed by atoms with van der Waals surface area (Å²) < 4.78 is 3.06. The number of hydrogen-bond acceptors (Lipinski definition) is 6. The van der Waals surface area contributed by atoms with Gasteiger partial charge in [0.05, 0.1) is 45.7 Å². The molecule has 4 rings (SSSR count). The van der Waals surface area contributed by atoms with Gasteiger partial charge in [-0.1, -0.05) is 34.5 Å². The molecule has 0 bridgehead atoms. The Morgan fingerprint density at radius 3 is 2.48 bits per heavy atom. The molecule has 0 atom stereocenters. The zero-order valence-electron chi connectivity index (χ0n) is 15.0. The molecule has 0 radical (unpaired) electrons. The molecule has 0 aliphatic heterocycles. The monoisotopic (exact) mass is 428 g/mol. The number of aromatic nitrogens is 6. The first-order valence-electron chi connectivity index (χ1n) is 8.38. The lowest BCUT2D eigenvalue weighted by molar-refractivity contribution is 0.0996. The fourth-order valence-electron chi connectivity index (χ4n) is 2.73. The highest BCUT2D eigenvalue weighted by Crippen LogP contribution is 2.30. The van der Waals surface area contributed by atoms with Crippen LogP contribution in [-0.2, 0) is 0 Å². The van der Waals surface area contributed by atoms with Gasteiger partial charge in [0.2, 0.25) is 0 Å². The number of pyridine rings is 1. The Kier molecular flexibility index (Phi) is 4.91. The second kappa shape index (κ2) is 7.53. The average Bonchev–Trinajstić information content (AvgIpc) is 3.29. The summed E-state index contributed by atoms with van der Waals surface area (Å²) in [7, 11) is 0. The fraction of sp³-hybridized carbons (Fsp3) is 0.0556. The number of rotatable bonds is 5. The minimum atomic E-state index is -0.704. The van der Waals surface area contributed by atoms with Crippen LogP contribution >= 0.6 is 23.2 Å². The number of anilines is 2. The number of benzene rings is 1. The van der Waals surface area contributed by atoms with E-state index >= 15 is 0 Å². The zero-order valence-corrected chi connectivity index (χ0v) is 16.6. The van der Waals surface area contributed by atoms with Crippen LogP contribution in [0.1, 0.15) is 16.2 Å². The fourth-order valence-corrected chi connectivity index (χ4v) is 3.31. The standard InChI is InChI=1S/C18H14Cl2N8O/c1-10-7-23-26-28(10)11-5-6-15(22-8-11)24-14-9-27(25-16(14)18(21)29)17-12(19)3-2-4-13(17)20/h2-9H,1H3,(H2,21,29)(H,22,24). The number of nitrogens with one attached hydrogen (secondary N) is 1. The Morgan fingerprint density at radius 1 is 1.14 bits per heavy atom. The van der Waals surface area contributed by atoms with Crippen molar-refractivity contribution >= 4 is 40.6 Å². The number of primary amides is 1. The number of hydrogen-bond donors (Lipinski definition) is 2. The highest BCUT2D eigenvalue weighted by Gasteiger charge is 2.18. The highest BCUT2D eigenvalue weighted by molar-refractivity contribution is 6.37. The Hall–Kier alpha value is -3.43. The van der Waals surface area contributed by atoms with Gasteiger partial charge in [0.15, 0.2) is 5.69 Å². The van der Waals surface area contributed by atoms with Crippen LogP contribution < -0.4 is 11.1 Å². The third-order valence-electron chi connectivity index (χ3n) is 4.09. The van der Waals surface area contributed by atoms with E-state index in [4.69, 9.17) is 28.9 Å². The Bertz CT molecular complexity index is 1180. The summed E-state index contributed by atoms with van der Waals surface area (Å²) in [4.78, 5) is 16.2. The van der Waals surface area contributed by atoms with Crippen LogP contribution in [-0.4, -0.2) is 35.7 Å². The van der Waals surface area contributed by atoms with E-state index in [0.717, 1.165) is 11.4 Å². The minimum Gasteiger partial charge on any atom is -0.364 e. The summed E-state index contributed by atoms with van der Waals surface area (Å²) >= 11 is 12.5. The molecular weight excluding hydrogens is 415 g/mol. The molecule has 1 aromatic carbocycles. The number of para-hydroxylation sites is 1. The van der Waals surface area contributed by atoms with Gasteiger partial charge in [0.25, 0.3) is 5.91 Å². The van der Waals surface area contributed by atoms with E-state index in [2.05, 4.69) is 25.7 Å². The van der Waals surface area contributed by atoms with Gasteiger partial charge < -0.3 is 11.1 Å². The van der Waals surface area contributed by atoms with Crippen molar-refractivity contribution in [1.82, 2.24) is 29.8 Å². The van der Waals surface area contributed by atoms with Gasteiger partial charge >= 0.3 is 0 Å². The Labute approximate surface area is 175 Å². The lowest BCUT2D eigenvalue weighted by Gasteiger charge is -2.07. The molecule has 3 aromatic heterocycles. The van der Waals surface area contributed by atoms with Gasteiger partial charge in [-0.2, -0.15) is 5.10 Å². The third-order valence-corrected chi connectivity index (χ3v) is 4.70. The van der Waals surface area contributed by atoms with Crippen LogP contribution in [0.4, 0.5) is 11.5 Å². The molecule has 0 aliphatic rings. The van der Waals surface area contributed by atoms with E-state index < -0.39 is 5.91 Å². The van der Waals surface area contributed by atoms with Gasteiger partial charge in [-0.15, -0.1) is 5.10 Å². The van der Waals surface area contributed by atoms with Gasteiger partial charge in [-0.05, 0) is 31.2 Å². The van der Waals surface area contributed by atoms with Gasteiger partial charge in [0.1, 0.15) is 11.5 Å². The van der Waals surface area contributed by atoms with E-state index in [9.17, 15) is 4.79 Å². The van der Waals surface area contributed by atoms with Crippen LogP contribution in [0.2, 0.25) is 10.0 Å². The van der Waals surface area contributed by atoms with Crippen molar-refractivity contribution in [3.05, 3.63) is 70.4 Å². The molecule has 0 fully saturated rings. The van der Waals surface area contributed by atoms with Crippen molar-refractivity contribution in [2.75, 3.05) is 5.32 Å². The van der Waals surface area contributed by atoms with Crippen molar-refractivity contribution in [1.29, 1.82) is 0 Å². The number of carbonyl (C=O) groups excluding carboxylic acids is 1. The average molecular weight is 429 g/mol. The molecular formula is C18H14Cl2N8O. The number of carbonyl (C=O) groups is 1. The van der Waals surface area contributed by atoms with Crippen molar-refractivity contribution in [2.24, 2.45) is 5.73 Å². The van der Waals surface area contributed by atoms with E-state index in [0.29, 0.717) is 27.2 Å². The molecule has 0 spiro atoms. The number of halogens is 2. The van der Waals surface area contributed by atoms with E-state index in [-0.39, 0.29) is 5.69 Å². The van der Waals surface area contributed by atoms with Crippen molar-refractivity contribution in [2.45, 2.75) is 6.92 Å².